The van der Waals surface area contributed by atoms with Crippen LogP contribution in [0, 0.1) is 17.0 Å². The number of benzene rings is 1. The predicted octanol–water partition coefficient (Wildman–Crippen LogP) is 0.766. The molecule has 0 aliphatic carbocycles. The number of piperazine rings is 1. The van der Waals surface area contributed by atoms with Gasteiger partial charge in [-0.2, -0.15) is 0 Å². The fraction of sp³-hybridized carbons (Fsp3) is 0.417. The third kappa shape index (κ3) is 2.82. The lowest BCUT2D eigenvalue weighted by atomic mass is 10.1. The van der Waals surface area contributed by atoms with Crippen LogP contribution in [-0.4, -0.2) is 41.7 Å². The molecule has 1 aliphatic rings. The summed E-state index contributed by atoms with van der Waals surface area (Å²) in [6.45, 7) is 3.26. The molecule has 1 fully saturated rings. The van der Waals surface area contributed by atoms with Crippen molar-refractivity contribution in [2.24, 2.45) is 0 Å². The summed E-state index contributed by atoms with van der Waals surface area (Å²) in [6.07, 6.45) is 0. The number of carbonyl (C=O) groups is 1. The fourth-order valence-electron chi connectivity index (χ4n) is 2.25. The van der Waals surface area contributed by atoms with Gasteiger partial charge in [0.15, 0.2) is 0 Å². The van der Waals surface area contributed by atoms with E-state index in [0.29, 0.717) is 25.3 Å². The van der Waals surface area contributed by atoms with Crippen molar-refractivity contribution in [3.8, 4) is 0 Å². The second-order valence-electron chi connectivity index (χ2n) is 4.54. The Kier molecular flexibility index (Phi) is 3.66. The summed E-state index contributed by atoms with van der Waals surface area (Å²) in [6, 6.07) is 3.97. The molecule has 1 aromatic carbocycles. The van der Waals surface area contributed by atoms with Crippen molar-refractivity contribution in [2.45, 2.75) is 13.0 Å². The standard InChI is InChI=1S/C12H15N3O4/c1-8-4-9(6-10(5-8)15(18)19)14-3-2-13-7-11(14)12(16)17/h4-6,11,13H,2-3,7H2,1H3,(H,16,17). The number of rotatable bonds is 3. The molecule has 1 unspecified atom stereocenters. The molecule has 1 atom stereocenters. The van der Waals surface area contributed by atoms with E-state index < -0.39 is 16.9 Å². The number of aryl methyl sites for hydroxylation is 1. The van der Waals surface area contributed by atoms with E-state index in [1.54, 1.807) is 17.9 Å². The van der Waals surface area contributed by atoms with Gasteiger partial charge in [0.1, 0.15) is 6.04 Å². The first-order chi connectivity index (χ1) is 8.99. The molecule has 2 rings (SSSR count). The highest BCUT2D eigenvalue weighted by Crippen LogP contribution is 2.26. The van der Waals surface area contributed by atoms with Crippen molar-refractivity contribution in [3.05, 3.63) is 33.9 Å². The van der Waals surface area contributed by atoms with Crippen LogP contribution in [0.1, 0.15) is 5.56 Å². The van der Waals surface area contributed by atoms with Crippen LogP contribution >= 0.6 is 0 Å². The summed E-state index contributed by atoms with van der Waals surface area (Å²) in [5, 5.41) is 23.1. The molecule has 2 N–H and O–H groups in total. The number of aliphatic carboxylic acids is 1. The van der Waals surface area contributed by atoms with E-state index in [4.69, 9.17) is 0 Å². The van der Waals surface area contributed by atoms with Crippen LogP contribution in [0.5, 0.6) is 0 Å². The van der Waals surface area contributed by atoms with Crippen LogP contribution in [0.25, 0.3) is 0 Å². The van der Waals surface area contributed by atoms with Crippen molar-refractivity contribution in [1.29, 1.82) is 0 Å². The minimum atomic E-state index is -0.934. The number of nitro groups is 1. The molecule has 0 spiro atoms. The zero-order valence-electron chi connectivity index (χ0n) is 10.5. The van der Waals surface area contributed by atoms with Crippen molar-refractivity contribution >= 4 is 17.3 Å². The normalized spacial score (nSPS) is 19.2. The van der Waals surface area contributed by atoms with Gasteiger partial charge >= 0.3 is 5.97 Å². The molecule has 0 saturated carbocycles. The summed E-state index contributed by atoms with van der Waals surface area (Å²) < 4.78 is 0. The molecule has 0 amide bonds. The number of nitrogens with zero attached hydrogens (tertiary/aromatic N) is 2. The van der Waals surface area contributed by atoms with Gasteiger partial charge in [0.25, 0.3) is 5.69 Å². The number of carboxylic acids is 1. The molecule has 1 aromatic rings. The van der Waals surface area contributed by atoms with E-state index >= 15 is 0 Å². The Labute approximate surface area is 110 Å². The zero-order chi connectivity index (χ0) is 14.0. The maximum absolute atomic E-state index is 11.2. The SMILES string of the molecule is Cc1cc(N2CCNCC2C(=O)O)cc([N+](=O)[O-])c1. The third-order valence-electron chi connectivity index (χ3n) is 3.12. The summed E-state index contributed by atoms with van der Waals surface area (Å²) in [4.78, 5) is 23.3. The molecule has 0 aromatic heterocycles. The number of nitrogens with one attached hydrogen (secondary N) is 1. The van der Waals surface area contributed by atoms with Crippen LogP contribution in [-0.2, 0) is 4.79 Å². The number of nitro benzene ring substituents is 1. The number of anilines is 1. The van der Waals surface area contributed by atoms with Crippen molar-refractivity contribution in [2.75, 3.05) is 24.5 Å². The molecule has 0 radical (unpaired) electrons. The zero-order valence-corrected chi connectivity index (χ0v) is 10.5. The van der Waals surface area contributed by atoms with E-state index in [2.05, 4.69) is 5.32 Å². The average molecular weight is 265 g/mol. The second-order valence-corrected chi connectivity index (χ2v) is 4.54. The Balaban J connectivity index is 2.38. The molecule has 102 valence electrons. The number of hydrogen-bond donors (Lipinski definition) is 2. The smallest absolute Gasteiger partial charge is 0.327 e. The first-order valence-electron chi connectivity index (χ1n) is 5.95. The average Bonchev–Trinajstić information content (AvgIpc) is 2.37. The minimum absolute atomic E-state index is 0.0160. The van der Waals surface area contributed by atoms with E-state index in [0.717, 1.165) is 5.56 Å². The van der Waals surface area contributed by atoms with Crippen molar-refractivity contribution in [1.82, 2.24) is 5.32 Å². The summed E-state index contributed by atoms with van der Waals surface area (Å²) in [5.41, 5.74) is 1.31. The highest BCUT2D eigenvalue weighted by atomic mass is 16.6. The largest absolute Gasteiger partial charge is 0.480 e. The topological polar surface area (TPSA) is 95.7 Å². The van der Waals surface area contributed by atoms with Crippen molar-refractivity contribution in [3.63, 3.8) is 0 Å². The fourth-order valence-corrected chi connectivity index (χ4v) is 2.25. The maximum atomic E-state index is 11.2. The highest BCUT2D eigenvalue weighted by Gasteiger charge is 2.29. The molecule has 0 bridgehead atoms. The van der Waals surface area contributed by atoms with E-state index in [-0.39, 0.29) is 5.69 Å². The Morgan fingerprint density at radius 1 is 1.53 bits per heavy atom. The van der Waals surface area contributed by atoms with E-state index in [1.807, 2.05) is 0 Å². The highest BCUT2D eigenvalue weighted by molar-refractivity contribution is 5.79. The van der Waals surface area contributed by atoms with E-state index in [9.17, 15) is 20.0 Å². The molecule has 1 saturated heterocycles. The quantitative estimate of drug-likeness (QED) is 0.619. The summed E-state index contributed by atoms with van der Waals surface area (Å²) in [5.74, 6) is -0.934. The Bertz CT molecular complexity index is 518. The molecular weight excluding hydrogens is 250 g/mol. The Hall–Kier alpha value is -2.15. The second kappa shape index (κ2) is 5.23. The van der Waals surface area contributed by atoms with Gasteiger partial charge in [-0.05, 0) is 18.6 Å². The van der Waals surface area contributed by atoms with Gasteiger partial charge in [0.2, 0.25) is 0 Å². The van der Waals surface area contributed by atoms with Gasteiger partial charge in [-0.1, -0.05) is 0 Å². The summed E-state index contributed by atoms with van der Waals surface area (Å²) in [7, 11) is 0. The molecule has 1 heterocycles. The molecular formula is C12H15N3O4. The lowest BCUT2D eigenvalue weighted by molar-refractivity contribution is -0.384. The van der Waals surface area contributed by atoms with Gasteiger partial charge < -0.3 is 15.3 Å². The molecule has 7 nitrogen and oxygen atoms in total. The van der Waals surface area contributed by atoms with Crippen LogP contribution in [0.15, 0.2) is 18.2 Å². The van der Waals surface area contributed by atoms with Crippen LogP contribution in [0.2, 0.25) is 0 Å². The molecule has 7 heteroatoms. The predicted molar refractivity (Wildman–Crippen MR) is 69.5 cm³/mol. The Morgan fingerprint density at radius 2 is 2.26 bits per heavy atom. The van der Waals surface area contributed by atoms with Gasteiger partial charge in [-0.15, -0.1) is 0 Å². The van der Waals surface area contributed by atoms with Crippen LogP contribution in [0.4, 0.5) is 11.4 Å². The number of hydrogen-bond acceptors (Lipinski definition) is 5. The lowest BCUT2D eigenvalue weighted by Gasteiger charge is -2.35. The number of non-ortho nitro benzene ring substituents is 1. The molecule has 19 heavy (non-hydrogen) atoms. The lowest BCUT2D eigenvalue weighted by Crippen LogP contribution is -2.55. The Morgan fingerprint density at radius 3 is 2.89 bits per heavy atom. The minimum Gasteiger partial charge on any atom is -0.480 e. The van der Waals surface area contributed by atoms with Crippen LogP contribution < -0.4 is 10.2 Å². The van der Waals surface area contributed by atoms with Gasteiger partial charge in [0.05, 0.1) is 4.92 Å². The number of carboxylic acid groups (broad SMARTS) is 1. The monoisotopic (exact) mass is 265 g/mol. The van der Waals surface area contributed by atoms with Crippen LogP contribution in [0.3, 0.4) is 0 Å². The van der Waals surface area contributed by atoms with Gasteiger partial charge in [-0.3, -0.25) is 10.1 Å². The van der Waals surface area contributed by atoms with E-state index in [1.165, 1.54) is 12.1 Å². The third-order valence-corrected chi connectivity index (χ3v) is 3.12. The van der Waals surface area contributed by atoms with Gasteiger partial charge in [-0.25, -0.2) is 4.79 Å². The summed E-state index contributed by atoms with van der Waals surface area (Å²) >= 11 is 0. The first kappa shape index (κ1) is 13.3. The maximum Gasteiger partial charge on any atom is 0.327 e. The first-order valence-corrected chi connectivity index (χ1v) is 5.95. The van der Waals surface area contributed by atoms with Crippen molar-refractivity contribution < 1.29 is 14.8 Å². The molecule has 1 aliphatic heterocycles. The van der Waals surface area contributed by atoms with Gasteiger partial charge in [0, 0.05) is 37.5 Å².